The van der Waals surface area contributed by atoms with E-state index in [4.69, 9.17) is 5.11 Å². The molecule has 0 saturated carbocycles. The average molecular weight is 297 g/mol. The zero-order chi connectivity index (χ0) is 15.4. The Bertz CT molecular complexity index is 418. The molecule has 2 aliphatic heterocycles. The highest BCUT2D eigenvalue weighted by atomic mass is 16.4. The Labute approximate surface area is 124 Å². The Balaban J connectivity index is 1.76. The lowest BCUT2D eigenvalue weighted by molar-refractivity contribution is -0.141. The number of carbonyl (C=O) groups is 3. The molecular formula is C14H23N3O4. The van der Waals surface area contributed by atoms with Crippen LogP contribution in [0.3, 0.4) is 0 Å². The van der Waals surface area contributed by atoms with Crippen molar-refractivity contribution in [2.45, 2.75) is 26.2 Å². The molecule has 0 aliphatic carbocycles. The van der Waals surface area contributed by atoms with Gasteiger partial charge in [0.2, 0.25) is 5.91 Å². The topological polar surface area (TPSA) is 90.0 Å². The van der Waals surface area contributed by atoms with E-state index in [-0.39, 0.29) is 11.9 Å². The van der Waals surface area contributed by atoms with Gasteiger partial charge in [-0.3, -0.25) is 9.59 Å². The number of likely N-dealkylation sites (tertiary alicyclic amines) is 2. The van der Waals surface area contributed by atoms with E-state index in [0.717, 1.165) is 12.8 Å². The van der Waals surface area contributed by atoms with Gasteiger partial charge in [-0.2, -0.15) is 0 Å². The molecule has 0 aromatic rings. The van der Waals surface area contributed by atoms with Crippen LogP contribution >= 0.6 is 0 Å². The minimum Gasteiger partial charge on any atom is -0.481 e. The van der Waals surface area contributed by atoms with Crippen molar-refractivity contribution in [3.05, 3.63) is 0 Å². The van der Waals surface area contributed by atoms with Gasteiger partial charge >= 0.3 is 12.0 Å². The van der Waals surface area contributed by atoms with Gasteiger partial charge in [-0.15, -0.1) is 0 Å². The van der Waals surface area contributed by atoms with Crippen LogP contribution in [0.25, 0.3) is 0 Å². The minimum absolute atomic E-state index is 0.0229. The van der Waals surface area contributed by atoms with Crippen molar-refractivity contribution in [3.63, 3.8) is 0 Å². The molecule has 1 atom stereocenters. The molecule has 7 nitrogen and oxygen atoms in total. The lowest BCUT2D eigenvalue weighted by atomic mass is 9.97. The molecule has 0 aromatic heterocycles. The number of amides is 3. The van der Waals surface area contributed by atoms with Crippen LogP contribution in [0.5, 0.6) is 0 Å². The van der Waals surface area contributed by atoms with Crippen LogP contribution in [-0.4, -0.2) is 65.5 Å². The zero-order valence-corrected chi connectivity index (χ0v) is 12.4. The number of urea groups is 1. The van der Waals surface area contributed by atoms with Crippen LogP contribution in [0.15, 0.2) is 0 Å². The zero-order valence-electron chi connectivity index (χ0n) is 12.4. The van der Waals surface area contributed by atoms with Crippen LogP contribution in [0.2, 0.25) is 0 Å². The molecule has 7 heteroatoms. The molecule has 2 aliphatic rings. The summed E-state index contributed by atoms with van der Waals surface area (Å²) >= 11 is 0. The van der Waals surface area contributed by atoms with Gasteiger partial charge in [-0.1, -0.05) is 0 Å². The van der Waals surface area contributed by atoms with Crippen molar-refractivity contribution < 1.29 is 19.5 Å². The Morgan fingerprint density at radius 3 is 2.24 bits per heavy atom. The first kappa shape index (κ1) is 15.6. The number of carboxylic acid groups (broad SMARTS) is 1. The van der Waals surface area contributed by atoms with E-state index in [1.807, 2.05) is 0 Å². The molecule has 2 N–H and O–H groups in total. The summed E-state index contributed by atoms with van der Waals surface area (Å²) in [4.78, 5) is 37.6. The van der Waals surface area contributed by atoms with E-state index in [2.05, 4.69) is 5.32 Å². The summed E-state index contributed by atoms with van der Waals surface area (Å²) < 4.78 is 0. The molecule has 21 heavy (non-hydrogen) atoms. The molecule has 0 bridgehead atoms. The van der Waals surface area contributed by atoms with Crippen molar-refractivity contribution in [1.29, 1.82) is 0 Å². The summed E-state index contributed by atoms with van der Waals surface area (Å²) in [6.45, 7) is 4.38. The van der Waals surface area contributed by atoms with Gasteiger partial charge in [-0.25, -0.2) is 4.79 Å². The Hall–Kier alpha value is -1.79. The van der Waals surface area contributed by atoms with Gasteiger partial charge in [-0.05, 0) is 25.2 Å². The highest BCUT2D eigenvalue weighted by Gasteiger charge is 2.34. The second-order valence-corrected chi connectivity index (χ2v) is 5.92. The van der Waals surface area contributed by atoms with Crippen LogP contribution in [0, 0.1) is 11.8 Å². The Morgan fingerprint density at radius 2 is 1.71 bits per heavy atom. The van der Waals surface area contributed by atoms with Crippen molar-refractivity contribution in [1.82, 2.24) is 15.1 Å². The molecule has 1 unspecified atom stereocenters. The molecule has 2 saturated heterocycles. The van der Waals surface area contributed by atoms with Gasteiger partial charge in [0.25, 0.3) is 0 Å². The van der Waals surface area contributed by atoms with Crippen LogP contribution in [0.1, 0.15) is 26.2 Å². The maximum atomic E-state index is 12.3. The molecular weight excluding hydrogens is 274 g/mol. The number of aliphatic carboxylic acids is 1. The number of carboxylic acids is 1. The fourth-order valence-corrected chi connectivity index (χ4v) is 2.95. The Kier molecular flexibility index (Phi) is 5.03. The largest absolute Gasteiger partial charge is 0.481 e. The summed E-state index contributed by atoms with van der Waals surface area (Å²) in [5.74, 6) is -0.848. The first-order valence-corrected chi connectivity index (χ1v) is 7.48. The standard InChI is InChI=1S/C14H23N3O4/c1-10(18)15-8-11-2-5-16(6-3-11)14(21)17-7-4-12(9-17)13(19)20/h11-12H,2-9H2,1H3,(H,15,18)(H,19,20). The third-order valence-corrected chi connectivity index (χ3v) is 4.33. The summed E-state index contributed by atoms with van der Waals surface area (Å²) in [5, 5.41) is 11.8. The minimum atomic E-state index is -0.820. The van der Waals surface area contributed by atoms with Crippen molar-refractivity contribution in [2.24, 2.45) is 11.8 Å². The number of hydrogen-bond donors (Lipinski definition) is 2. The molecule has 0 spiro atoms. The van der Waals surface area contributed by atoms with Gasteiger partial charge < -0.3 is 20.2 Å². The molecule has 3 amide bonds. The maximum Gasteiger partial charge on any atom is 0.320 e. The second kappa shape index (κ2) is 6.78. The average Bonchev–Trinajstić information content (AvgIpc) is 2.95. The lowest BCUT2D eigenvalue weighted by Crippen LogP contribution is -2.47. The fraction of sp³-hybridized carbons (Fsp3) is 0.786. The molecule has 118 valence electrons. The first-order valence-electron chi connectivity index (χ1n) is 7.48. The van der Waals surface area contributed by atoms with E-state index in [0.29, 0.717) is 45.1 Å². The summed E-state index contributed by atoms with van der Waals surface area (Å²) in [6, 6.07) is -0.0447. The number of nitrogens with one attached hydrogen (secondary N) is 1. The van der Waals surface area contributed by atoms with Crippen molar-refractivity contribution >= 4 is 17.9 Å². The van der Waals surface area contributed by atoms with Crippen molar-refractivity contribution in [2.75, 3.05) is 32.7 Å². The molecule has 0 aromatic carbocycles. The highest BCUT2D eigenvalue weighted by Crippen LogP contribution is 2.21. The third-order valence-electron chi connectivity index (χ3n) is 4.33. The van der Waals surface area contributed by atoms with Gasteiger partial charge in [0.05, 0.1) is 5.92 Å². The molecule has 0 radical (unpaired) electrons. The second-order valence-electron chi connectivity index (χ2n) is 5.92. The molecule has 2 heterocycles. The highest BCUT2D eigenvalue weighted by molar-refractivity contribution is 5.77. The first-order chi connectivity index (χ1) is 9.97. The monoisotopic (exact) mass is 297 g/mol. The van der Waals surface area contributed by atoms with Crippen LogP contribution < -0.4 is 5.32 Å². The number of nitrogens with zero attached hydrogens (tertiary/aromatic N) is 2. The number of carbonyl (C=O) groups excluding carboxylic acids is 2. The van der Waals surface area contributed by atoms with E-state index >= 15 is 0 Å². The van der Waals surface area contributed by atoms with Gasteiger partial charge in [0, 0.05) is 39.6 Å². The molecule has 2 fully saturated rings. The summed E-state index contributed by atoms with van der Waals surface area (Å²) in [6.07, 6.45) is 2.30. The van der Waals surface area contributed by atoms with E-state index < -0.39 is 11.9 Å². The Morgan fingerprint density at radius 1 is 1.10 bits per heavy atom. The predicted octanol–water partition coefficient (Wildman–Crippen LogP) is 0.361. The maximum absolute atomic E-state index is 12.3. The smallest absolute Gasteiger partial charge is 0.320 e. The number of piperidine rings is 1. The van der Waals surface area contributed by atoms with Gasteiger partial charge in [0.1, 0.15) is 0 Å². The summed E-state index contributed by atoms with van der Waals surface area (Å²) in [7, 11) is 0. The quantitative estimate of drug-likeness (QED) is 0.787. The van der Waals surface area contributed by atoms with E-state index in [9.17, 15) is 14.4 Å². The van der Waals surface area contributed by atoms with Gasteiger partial charge in [0.15, 0.2) is 0 Å². The van der Waals surface area contributed by atoms with Crippen molar-refractivity contribution in [3.8, 4) is 0 Å². The van der Waals surface area contributed by atoms with Crippen LogP contribution in [0.4, 0.5) is 4.79 Å². The summed E-state index contributed by atoms with van der Waals surface area (Å²) in [5.41, 5.74) is 0. The van der Waals surface area contributed by atoms with E-state index in [1.54, 1.807) is 9.80 Å². The SMILES string of the molecule is CC(=O)NCC1CCN(C(=O)N2CCC(C(=O)O)C2)CC1. The predicted molar refractivity (Wildman–Crippen MR) is 75.7 cm³/mol. The third kappa shape index (κ3) is 4.09. The fourth-order valence-electron chi connectivity index (χ4n) is 2.95. The van der Waals surface area contributed by atoms with Crippen LogP contribution in [-0.2, 0) is 9.59 Å². The number of rotatable bonds is 3. The normalized spacial score (nSPS) is 23.2. The number of hydrogen-bond acceptors (Lipinski definition) is 3. The lowest BCUT2D eigenvalue weighted by Gasteiger charge is -2.34. The molecule has 2 rings (SSSR count). The van der Waals surface area contributed by atoms with E-state index in [1.165, 1.54) is 6.92 Å².